The molecule has 6 heteroatoms. The van der Waals surface area contributed by atoms with Crippen LogP contribution in [0, 0.1) is 0 Å². The number of carbonyl (C=O) groups excluding carboxylic acids is 2. The summed E-state index contributed by atoms with van der Waals surface area (Å²) in [5.74, 6) is 0.212. The Labute approximate surface area is 123 Å². The lowest BCUT2D eigenvalue weighted by Crippen LogP contribution is -2.39. The van der Waals surface area contributed by atoms with Gasteiger partial charge in [0.05, 0.1) is 18.2 Å². The molecule has 3 N–H and O–H groups in total. The molecule has 2 amide bonds. The van der Waals surface area contributed by atoms with Gasteiger partial charge in [0.1, 0.15) is 6.61 Å². The van der Waals surface area contributed by atoms with Gasteiger partial charge < -0.3 is 15.8 Å². The molecular formula is C15H19N3O3. The van der Waals surface area contributed by atoms with Gasteiger partial charge in [0.15, 0.2) is 0 Å². The van der Waals surface area contributed by atoms with Crippen molar-refractivity contribution < 1.29 is 14.3 Å². The van der Waals surface area contributed by atoms with E-state index in [1.807, 2.05) is 12.1 Å². The van der Waals surface area contributed by atoms with Crippen LogP contribution in [0.2, 0.25) is 0 Å². The first-order chi connectivity index (χ1) is 10.0. The lowest BCUT2D eigenvalue weighted by Gasteiger charge is -2.25. The molecule has 1 saturated heterocycles. The smallest absolute Gasteiger partial charge is 0.414 e. The van der Waals surface area contributed by atoms with E-state index in [1.54, 1.807) is 4.90 Å². The molecule has 2 aliphatic rings. The summed E-state index contributed by atoms with van der Waals surface area (Å²) in [5.41, 5.74) is 9.30. The zero-order chi connectivity index (χ0) is 15.1. The first-order valence-corrected chi connectivity index (χ1v) is 7.14. The molecule has 6 nitrogen and oxygen atoms in total. The average molecular weight is 289 g/mol. The molecule has 1 aromatic carbocycles. The molecule has 3 rings (SSSR count). The molecule has 2 heterocycles. The topological polar surface area (TPSA) is 84.7 Å². The number of carbonyl (C=O) groups is 2. The highest BCUT2D eigenvalue weighted by atomic mass is 16.6. The number of nitrogens with one attached hydrogen (secondary N) is 1. The van der Waals surface area contributed by atoms with Crippen molar-refractivity contribution >= 4 is 23.4 Å². The number of nitrogens with two attached hydrogens (primary N) is 1. The number of hydrogen-bond acceptors (Lipinski definition) is 4. The number of hydrogen-bond donors (Lipinski definition) is 2. The Morgan fingerprint density at radius 3 is 2.86 bits per heavy atom. The van der Waals surface area contributed by atoms with Crippen molar-refractivity contribution in [3.8, 4) is 0 Å². The highest BCUT2D eigenvalue weighted by Crippen LogP contribution is 2.37. The Hall–Kier alpha value is -2.08. The van der Waals surface area contributed by atoms with Crippen LogP contribution in [0.4, 0.5) is 16.2 Å². The zero-order valence-electron chi connectivity index (χ0n) is 12.2. The average Bonchev–Trinajstić information content (AvgIpc) is 2.98. The van der Waals surface area contributed by atoms with E-state index in [2.05, 4.69) is 19.2 Å². The van der Waals surface area contributed by atoms with Gasteiger partial charge in [0.25, 0.3) is 0 Å². The van der Waals surface area contributed by atoms with Crippen LogP contribution in [-0.2, 0) is 16.0 Å². The number of ether oxygens (including phenoxy) is 1. The van der Waals surface area contributed by atoms with Crippen molar-refractivity contribution in [1.82, 2.24) is 0 Å². The first kappa shape index (κ1) is 13.9. The predicted octanol–water partition coefficient (Wildman–Crippen LogP) is 1.59. The fourth-order valence-electron chi connectivity index (χ4n) is 2.88. The van der Waals surface area contributed by atoms with Crippen LogP contribution in [-0.4, -0.2) is 31.2 Å². The van der Waals surface area contributed by atoms with Gasteiger partial charge in [-0.3, -0.25) is 9.69 Å². The summed E-state index contributed by atoms with van der Waals surface area (Å²) in [7, 11) is 0. The van der Waals surface area contributed by atoms with Gasteiger partial charge >= 0.3 is 6.09 Å². The molecule has 1 fully saturated rings. The normalized spacial score (nSPS) is 20.8. The number of cyclic esters (lactones) is 1. The Kier molecular flexibility index (Phi) is 3.33. The molecule has 1 aromatic rings. The van der Waals surface area contributed by atoms with E-state index in [9.17, 15) is 9.59 Å². The number of anilines is 2. The van der Waals surface area contributed by atoms with Crippen molar-refractivity contribution in [2.45, 2.75) is 32.2 Å². The minimum Gasteiger partial charge on any atom is -0.447 e. The molecule has 0 aromatic heterocycles. The van der Waals surface area contributed by atoms with Crippen molar-refractivity contribution in [2.24, 2.45) is 5.73 Å². The second-order valence-corrected chi connectivity index (χ2v) is 5.78. The van der Waals surface area contributed by atoms with Crippen LogP contribution in [0.3, 0.4) is 0 Å². The third-order valence-electron chi connectivity index (χ3n) is 3.99. The molecular weight excluding hydrogens is 270 g/mol. The molecule has 0 radical (unpaired) electrons. The maximum atomic E-state index is 12.0. The van der Waals surface area contributed by atoms with Gasteiger partial charge in [-0.1, -0.05) is 19.9 Å². The van der Waals surface area contributed by atoms with Gasteiger partial charge in [-0.15, -0.1) is 0 Å². The van der Waals surface area contributed by atoms with Crippen molar-refractivity contribution in [3.05, 3.63) is 23.3 Å². The monoisotopic (exact) mass is 289 g/mol. The van der Waals surface area contributed by atoms with Crippen LogP contribution in [0.15, 0.2) is 12.1 Å². The predicted molar refractivity (Wildman–Crippen MR) is 79.5 cm³/mol. The fourth-order valence-corrected chi connectivity index (χ4v) is 2.88. The highest BCUT2D eigenvalue weighted by molar-refractivity contribution is 6.01. The van der Waals surface area contributed by atoms with E-state index < -0.39 is 0 Å². The summed E-state index contributed by atoms with van der Waals surface area (Å²) < 4.78 is 5.12. The highest BCUT2D eigenvalue weighted by Gasteiger charge is 2.36. The van der Waals surface area contributed by atoms with Gasteiger partial charge in [0.2, 0.25) is 5.91 Å². The first-order valence-electron chi connectivity index (χ1n) is 7.14. The Bertz CT molecular complexity index is 612. The largest absolute Gasteiger partial charge is 0.447 e. The SMILES string of the molecule is CC(C)c1cc2c(cc1N1C(=O)OC[C@@H]1CN)NC(=O)C2. The number of benzene rings is 1. The molecule has 2 aliphatic heterocycles. The van der Waals surface area contributed by atoms with E-state index in [4.69, 9.17) is 10.5 Å². The van der Waals surface area contributed by atoms with Crippen LogP contribution in [0.25, 0.3) is 0 Å². The van der Waals surface area contributed by atoms with Crippen LogP contribution in [0.1, 0.15) is 30.9 Å². The van der Waals surface area contributed by atoms with Gasteiger partial charge in [-0.05, 0) is 23.1 Å². The van der Waals surface area contributed by atoms with Crippen molar-refractivity contribution in [2.75, 3.05) is 23.4 Å². The summed E-state index contributed by atoms with van der Waals surface area (Å²) in [6.07, 6.45) is 0.0109. The van der Waals surface area contributed by atoms with Crippen molar-refractivity contribution in [3.63, 3.8) is 0 Å². The number of fused-ring (bicyclic) bond motifs is 1. The molecule has 112 valence electrons. The Balaban J connectivity index is 2.11. The minimum absolute atomic E-state index is 0.0174. The Morgan fingerprint density at radius 1 is 1.43 bits per heavy atom. The van der Waals surface area contributed by atoms with E-state index in [-0.39, 0.29) is 24.0 Å². The van der Waals surface area contributed by atoms with Crippen LogP contribution >= 0.6 is 0 Å². The van der Waals surface area contributed by atoms with E-state index in [0.717, 1.165) is 22.5 Å². The van der Waals surface area contributed by atoms with Crippen molar-refractivity contribution in [1.29, 1.82) is 0 Å². The maximum Gasteiger partial charge on any atom is 0.414 e. The third-order valence-corrected chi connectivity index (χ3v) is 3.99. The molecule has 0 bridgehead atoms. The van der Waals surface area contributed by atoms with E-state index >= 15 is 0 Å². The van der Waals surface area contributed by atoms with Crippen LogP contribution in [0.5, 0.6) is 0 Å². The fraction of sp³-hybridized carbons (Fsp3) is 0.467. The zero-order valence-corrected chi connectivity index (χ0v) is 12.2. The van der Waals surface area contributed by atoms with E-state index in [0.29, 0.717) is 19.6 Å². The van der Waals surface area contributed by atoms with Crippen LogP contribution < -0.4 is 16.0 Å². The Morgan fingerprint density at radius 2 is 2.19 bits per heavy atom. The summed E-state index contributed by atoms with van der Waals surface area (Å²) in [5, 5.41) is 2.83. The molecule has 0 unspecified atom stereocenters. The standard InChI is InChI=1S/C15H19N3O3/c1-8(2)11-3-9-4-14(19)17-12(9)5-13(11)18-10(6-16)7-21-15(18)20/h3,5,8,10H,4,6-7,16H2,1-2H3,(H,17,19)/t10-/m0/s1. The van der Waals surface area contributed by atoms with E-state index in [1.165, 1.54) is 0 Å². The van der Waals surface area contributed by atoms with Gasteiger partial charge in [-0.25, -0.2) is 4.79 Å². The second-order valence-electron chi connectivity index (χ2n) is 5.78. The molecule has 21 heavy (non-hydrogen) atoms. The number of nitrogens with zero attached hydrogens (tertiary/aromatic N) is 1. The number of rotatable bonds is 3. The molecule has 0 saturated carbocycles. The number of amides is 2. The third kappa shape index (κ3) is 2.25. The lowest BCUT2D eigenvalue weighted by atomic mass is 9.96. The molecule has 1 atom stereocenters. The summed E-state index contributed by atoms with van der Waals surface area (Å²) in [6.45, 7) is 4.77. The summed E-state index contributed by atoms with van der Waals surface area (Å²) in [4.78, 5) is 25.2. The maximum absolute atomic E-state index is 12.0. The van der Waals surface area contributed by atoms with Gasteiger partial charge in [0, 0.05) is 12.2 Å². The van der Waals surface area contributed by atoms with Gasteiger partial charge in [-0.2, -0.15) is 0 Å². The lowest BCUT2D eigenvalue weighted by molar-refractivity contribution is -0.115. The quantitative estimate of drug-likeness (QED) is 0.885. The molecule has 0 aliphatic carbocycles. The summed E-state index contributed by atoms with van der Waals surface area (Å²) in [6, 6.07) is 3.71. The second kappa shape index (κ2) is 5.04. The minimum atomic E-state index is -0.378. The summed E-state index contributed by atoms with van der Waals surface area (Å²) >= 11 is 0. The molecule has 0 spiro atoms.